The molecule has 143 heavy (non-hydrogen) atoms. The van der Waals surface area contributed by atoms with E-state index in [4.69, 9.17) is 44.1 Å². The Kier molecular flexibility index (Phi) is 76.2. The highest BCUT2D eigenvalue weighted by molar-refractivity contribution is 7.81. The van der Waals surface area contributed by atoms with Crippen LogP contribution in [0.4, 0.5) is 22.7 Å². The number of nitrogens with one attached hydrogen (secondary N) is 4. The molecular formula is C123H164N4O9S7. The van der Waals surface area contributed by atoms with Crippen LogP contribution in [-0.4, -0.2) is 130 Å². The summed E-state index contributed by atoms with van der Waals surface area (Å²) in [5.74, 6) is 8.69. The minimum atomic E-state index is 0.0634. The molecule has 13 aromatic carbocycles. The maximum absolute atomic E-state index is 8.53. The number of aliphatic hydroxyl groups excluding tert-OH is 4. The van der Waals surface area contributed by atoms with Gasteiger partial charge in [-0.1, -0.05) is 278 Å². The third-order valence-electron chi connectivity index (χ3n) is 20.2. The van der Waals surface area contributed by atoms with Crippen LogP contribution in [0.3, 0.4) is 0 Å². The third kappa shape index (κ3) is 70.7. The number of aliphatic hydroxyl groups is 4. The summed E-state index contributed by atoms with van der Waals surface area (Å²) >= 11 is 26.4. The molecule has 2 aliphatic rings. The van der Waals surface area contributed by atoms with E-state index in [2.05, 4.69) is 287 Å². The van der Waals surface area contributed by atoms with Crippen molar-refractivity contribution in [2.45, 2.75) is 152 Å². The monoisotopic (exact) mass is 2070 g/mol. The van der Waals surface area contributed by atoms with Gasteiger partial charge in [-0.2, -0.15) is 50.5 Å². The standard InChI is InChI=1S/C10H10.2C9H13NO.2C9H13NS.2C9H12O2.2C9H12OS.C8H10O.2C7H8S.C7H14.C7H8.C5H6S/c1-8-6-7-9-4-2-3-5-10(8)9;1-8-2-4-9(5-3-8)10-6-7-11;1-8-3-2-4-9(7-8)10-5-6-11;1-8-2-4-9(5-3-8)10-6-7-11;1-8-3-2-4-9(7-8)10-5-6-11;1-8-2-4-9(5-3-8)11-7-6-10;1-8-3-2-4-9(7-8)11-6-5-10;1-8-2-4-9(5-3-8)10-6-7-11;1-8-3-2-4-9(7-8)10-5-6-11;1-7-4-3-5-8(6-7)9-2;1-6-2-4-7(8)5-3-6;1-6-3-2-4-7(8)5-6;2*1-7-5-3-2-4-6-7;1-5-3-2-4-6-5/h2-6H,7H2,1H3;2-5,10-11H,6-7H2,1H3;2-4,7,10-11H,5-6H2,1H3;2-5,10-11H,6-7H2,1H3;2-4,7,10-11H,5-6H2,1H3;2-5,10H,6-7H2,1H3;2-4,7,10H,5-6H2,1H3;2-5,11H,6-7H2,1H3;2-4,7,11H,5-6H2,1H3;3-6H,1-2H3;2*2-5,8H,1H3;7H,2-6H2,1H3;2-6H,1H3;2-4H,1H3. The highest BCUT2D eigenvalue weighted by Gasteiger charge is 2.09. The van der Waals surface area contributed by atoms with E-state index in [1.807, 2.05) is 259 Å². The Bertz CT molecular complexity index is 5010. The molecule has 0 radical (unpaired) electrons. The second kappa shape index (κ2) is 84.8. The molecule has 0 unspecified atom stereocenters. The fourth-order valence-electron chi connectivity index (χ4n) is 12.6. The molecule has 0 amide bonds. The first-order chi connectivity index (χ1) is 69.1. The van der Waals surface area contributed by atoms with Crippen molar-refractivity contribution in [3.63, 3.8) is 0 Å². The Morgan fingerprint density at radius 2 is 0.643 bits per heavy atom. The summed E-state index contributed by atoms with van der Waals surface area (Å²) in [6.45, 7) is 36.9. The molecule has 8 N–H and O–H groups in total. The van der Waals surface area contributed by atoms with Crippen molar-refractivity contribution in [1.82, 2.24) is 0 Å². The molecule has 16 rings (SSSR count). The van der Waals surface area contributed by atoms with Crippen molar-refractivity contribution < 1.29 is 44.1 Å². The van der Waals surface area contributed by atoms with Gasteiger partial charge in [0, 0.05) is 86.6 Å². The first-order valence-corrected chi connectivity index (χ1v) is 53.1. The zero-order valence-corrected chi connectivity index (χ0v) is 93.6. The fraction of sp³-hybridized carbons (Fsp3) is 0.317. The lowest BCUT2D eigenvalue weighted by molar-refractivity contribution is 0.201. The average molecular weight is 2070 g/mol. The molecule has 772 valence electrons. The van der Waals surface area contributed by atoms with Crippen LogP contribution in [0, 0.1) is 95.9 Å². The summed E-state index contributed by atoms with van der Waals surface area (Å²) in [5, 5.41) is 48.7. The number of ether oxygens (including phenoxy) is 5. The van der Waals surface area contributed by atoms with Gasteiger partial charge in [0.1, 0.15) is 42.0 Å². The number of rotatable bonds is 25. The van der Waals surface area contributed by atoms with Crippen molar-refractivity contribution in [2.75, 3.05) is 130 Å². The topological polar surface area (TPSA) is 175 Å². The minimum Gasteiger partial charge on any atom is -0.497 e. The van der Waals surface area contributed by atoms with Crippen molar-refractivity contribution in [1.29, 1.82) is 0 Å². The van der Waals surface area contributed by atoms with Gasteiger partial charge in [-0.05, 0) is 299 Å². The van der Waals surface area contributed by atoms with Crippen LogP contribution in [0.25, 0.3) is 5.57 Å². The van der Waals surface area contributed by atoms with Gasteiger partial charge in [-0.25, -0.2) is 0 Å². The highest BCUT2D eigenvalue weighted by Crippen LogP contribution is 2.27. The number of hydrogen-bond donors (Lipinski definition) is 14. The van der Waals surface area contributed by atoms with Crippen LogP contribution < -0.4 is 45.0 Å². The predicted octanol–water partition coefficient (Wildman–Crippen LogP) is 30.7. The van der Waals surface area contributed by atoms with E-state index in [1.165, 1.54) is 132 Å². The summed E-state index contributed by atoms with van der Waals surface area (Å²) in [6.07, 6.45) is 10.8. The van der Waals surface area contributed by atoms with E-state index in [1.54, 1.807) is 18.4 Å². The Morgan fingerprint density at radius 3 is 0.972 bits per heavy atom. The number of thiophene rings is 1. The van der Waals surface area contributed by atoms with Crippen LogP contribution in [0.1, 0.15) is 129 Å². The quantitative estimate of drug-likeness (QED) is 0.0244. The largest absolute Gasteiger partial charge is 0.497 e. The van der Waals surface area contributed by atoms with Crippen molar-refractivity contribution in [3.8, 4) is 28.7 Å². The molecule has 13 nitrogen and oxygen atoms in total. The first-order valence-electron chi connectivity index (χ1n) is 48.8. The molecule has 14 aromatic rings. The molecule has 0 saturated heterocycles. The molecular weight excluding hydrogens is 1900 g/mol. The number of thiol groups is 6. The molecule has 0 atom stereocenters. The van der Waals surface area contributed by atoms with Gasteiger partial charge in [0.2, 0.25) is 0 Å². The van der Waals surface area contributed by atoms with E-state index in [9.17, 15) is 0 Å². The molecule has 0 bridgehead atoms. The smallest absolute Gasteiger partial charge is 0.119 e. The number of allylic oxidation sites excluding steroid dienone is 2. The Balaban J connectivity index is 0.000000519. The molecule has 1 saturated carbocycles. The number of anilines is 4. The average Bonchev–Trinajstić information content (AvgIpc) is 1.70. The highest BCUT2D eigenvalue weighted by atomic mass is 32.1. The minimum absolute atomic E-state index is 0.0634. The van der Waals surface area contributed by atoms with Gasteiger partial charge >= 0.3 is 0 Å². The normalized spacial score (nSPS) is 10.6. The molecule has 1 heterocycles. The van der Waals surface area contributed by atoms with Crippen LogP contribution in [0.2, 0.25) is 0 Å². The fourth-order valence-corrected chi connectivity index (χ4v) is 13.9. The Hall–Kier alpha value is -10.6. The van der Waals surface area contributed by atoms with E-state index >= 15 is 0 Å². The molecule has 20 heteroatoms. The molecule has 2 aliphatic carbocycles. The summed E-state index contributed by atoms with van der Waals surface area (Å²) in [6, 6.07) is 111. The summed E-state index contributed by atoms with van der Waals surface area (Å²) in [4.78, 5) is 3.44. The Labute approximate surface area is 897 Å². The third-order valence-corrected chi connectivity index (χ3v) is 22.4. The van der Waals surface area contributed by atoms with Gasteiger partial charge in [-0.3, -0.25) is 0 Å². The van der Waals surface area contributed by atoms with E-state index in [-0.39, 0.29) is 26.4 Å². The zero-order chi connectivity index (χ0) is 105. The van der Waals surface area contributed by atoms with Gasteiger partial charge in [0.05, 0.1) is 46.8 Å². The lowest BCUT2D eigenvalue weighted by Gasteiger charge is -2.15. The second-order valence-electron chi connectivity index (χ2n) is 33.7. The lowest BCUT2D eigenvalue weighted by atomic mass is 9.91. The molecule has 0 aliphatic heterocycles. The number of methoxy groups -OCH3 is 1. The number of benzene rings is 13. The number of fused-ring (bicyclic) bond motifs is 1. The number of hydrogen-bond acceptors (Lipinski definition) is 20. The van der Waals surface area contributed by atoms with E-state index in [0.717, 1.165) is 98.4 Å². The van der Waals surface area contributed by atoms with Gasteiger partial charge in [0.15, 0.2) is 0 Å². The lowest BCUT2D eigenvalue weighted by Crippen LogP contribution is -2.04. The second-order valence-corrected chi connectivity index (χ2v) is 37.7. The summed E-state index contributed by atoms with van der Waals surface area (Å²) in [7, 11) is 1.68. The zero-order valence-electron chi connectivity index (χ0n) is 87.5. The summed E-state index contributed by atoms with van der Waals surface area (Å²) < 4.78 is 26.0. The van der Waals surface area contributed by atoms with E-state index in [0.29, 0.717) is 39.5 Å². The van der Waals surface area contributed by atoms with Crippen LogP contribution in [0.5, 0.6) is 28.7 Å². The number of aryl methyl sites for hydroxylation is 13. The van der Waals surface area contributed by atoms with Crippen LogP contribution in [0.15, 0.2) is 355 Å². The SMILES string of the molecule is CC1=CCc2ccccc21.CC1CCCCC1.COc1cccc(C)c1.Cc1ccc(NCCO)cc1.Cc1ccc(NCCS)cc1.Cc1ccc(OCCO)cc1.Cc1ccc(OCCS)cc1.Cc1ccc(S)cc1.Cc1cccc(NCCO)c1.Cc1cccc(NCCS)c1.Cc1cccc(OCCO)c1.Cc1cccc(OCCS)c1.Cc1cccc(S)c1.Cc1ccccc1.Cc1cccs1. The Morgan fingerprint density at radius 1 is 0.294 bits per heavy atom. The van der Waals surface area contributed by atoms with E-state index < -0.39 is 0 Å². The van der Waals surface area contributed by atoms with Crippen molar-refractivity contribution in [2.24, 2.45) is 5.92 Å². The molecule has 1 fully saturated rings. The van der Waals surface area contributed by atoms with Gasteiger partial charge < -0.3 is 65.4 Å². The summed E-state index contributed by atoms with van der Waals surface area (Å²) in [5.41, 5.74) is 23.8. The molecule has 0 spiro atoms. The van der Waals surface area contributed by atoms with Gasteiger partial charge in [0.25, 0.3) is 0 Å². The predicted molar refractivity (Wildman–Crippen MR) is 640 cm³/mol. The van der Waals surface area contributed by atoms with Crippen LogP contribution >= 0.6 is 87.1 Å². The first kappa shape index (κ1) is 128. The maximum atomic E-state index is 8.53. The van der Waals surface area contributed by atoms with Crippen molar-refractivity contribution >= 4 is 115 Å². The van der Waals surface area contributed by atoms with Gasteiger partial charge in [-0.15, -0.1) is 36.6 Å². The maximum Gasteiger partial charge on any atom is 0.119 e. The van der Waals surface area contributed by atoms with Crippen molar-refractivity contribution in [3.05, 3.63) is 428 Å². The van der Waals surface area contributed by atoms with Crippen LogP contribution in [-0.2, 0) is 6.42 Å². The molecule has 1 aromatic heterocycles.